The molecule has 1 aromatic rings. The highest BCUT2D eigenvalue weighted by Gasteiger charge is 2.35. The van der Waals surface area contributed by atoms with Crippen molar-refractivity contribution in [1.82, 2.24) is 4.98 Å². The maximum atomic E-state index is 12.5. The van der Waals surface area contributed by atoms with Crippen molar-refractivity contribution in [3.05, 3.63) is 28.6 Å². The first-order valence-corrected chi connectivity index (χ1v) is 5.00. The fourth-order valence-corrected chi connectivity index (χ4v) is 1.93. The number of rotatable bonds is 0. The van der Waals surface area contributed by atoms with Gasteiger partial charge in [0.1, 0.15) is 11.4 Å². The Labute approximate surface area is 90.5 Å². The van der Waals surface area contributed by atoms with Gasteiger partial charge in [-0.15, -0.1) is 0 Å². The highest BCUT2D eigenvalue weighted by atomic mass is 19.4. The molecular weight excluding hydrogens is 219 g/mol. The van der Waals surface area contributed by atoms with Crippen molar-refractivity contribution in [2.45, 2.75) is 32.4 Å². The van der Waals surface area contributed by atoms with Gasteiger partial charge in [0.2, 0.25) is 0 Å². The molecule has 0 saturated carbocycles. The number of nitrogens with zero attached hydrogens (tertiary/aromatic N) is 1. The summed E-state index contributed by atoms with van der Waals surface area (Å²) in [5, 5.41) is 0. The van der Waals surface area contributed by atoms with E-state index in [4.69, 9.17) is 0 Å². The van der Waals surface area contributed by atoms with E-state index in [0.717, 1.165) is 6.07 Å². The molecule has 0 N–H and O–H groups in total. The van der Waals surface area contributed by atoms with Gasteiger partial charge in [0, 0.05) is 6.42 Å². The number of Topliss-reactive ketones (excluding diaryl/α,β-unsaturated/α-hetero) is 1. The van der Waals surface area contributed by atoms with Gasteiger partial charge in [-0.25, -0.2) is 4.98 Å². The van der Waals surface area contributed by atoms with Gasteiger partial charge < -0.3 is 0 Å². The fourth-order valence-electron chi connectivity index (χ4n) is 1.93. The lowest BCUT2D eigenvalue weighted by Crippen LogP contribution is -2.19. The van der Waals surface area contributed by atoms with Crippen LogP contribution in [0.4, 0.5) is 13.2 Å². The van der Waals surface area contributed by atoms with Crippen LogP contribution in [0.5, 0.6) is 0 Å². The van der Waals surface area contributed by atoms with E-state index in [2.05, 4.69) is 4.98 Å². The molecule has 0 saturated heterocycles. The number of fused-ring (bicyclic) bond motifs is 1. The third kappa shape index (κ3) is 1.81. The quantitative estimate of drug-likeness (QED) is 0.684. The highest BCUT2D eigenvalue weighted by molar-refractivity contribution is 5.96. The molecule has 1 aliphatic rings. The van der Waals surface area contributed by atoms with Crippen molar-refractivity contribution in [3.8, 4) is 0 Å². The standard InChI is InChI=1S/C11H10F3NO/c1-6-5-9(11(12,13)14)15-10-7(6)3-2-4-8(10)16/h5H,2-4H2,1H3. The Morgan fingerprint density at radius 3 is 2.62 bits per heavy atom. The summed E-state index contributed by atoms with van der Waals surface area (Å²) in [7, 11) is 0. The smallest absolute Gasteiger partial charge is 0.292 e. The zero-order valence-electron chi connectivity index (χ0n) is 8.69. The third-order valence-corrected chi connectivity index (χ3v) is 2.73. The number of carbonyl (C=O) groups is 1. The molecule has 0 spiro atoms. The van der Waals surface area contributed by atoms with E-state index in [-0.39, 0.29) is 11.5 Å². The third-order valence-electron chi connectivity index (χ3n) is 2.73. The van der Waals surface area contributed by atoms with Crippen molar-refractivity contribution in [1.29, 1.82) is 0 Å². The normalized spacial score (nSPS) is 16.1. The Morgan fingerprint density at radius 2 is 2.00 bits per heavy atom. The summed E-state index contributed by atoms with van der Waals surface area (Å²) < 4.78 is 37.5. The average Bonchev–Trinajstić information content (AvgIpc) is 2.18. The fraction of sp³-hybridized carbons (Fsp3) is 0.455. The van der Waals surface area contributed by atoms with Crippen LogP contribution in [0.2, 0.25) is 0 Å². The Hall–Kier alpha value is -1.39. The number of alkyl halides is 3. The second kappa shape index (κ2) is 3.57. The monoisotopic (exact) mass is 229 g/mol. The summed E-state index contributed by atoms with van der Waals surface area (Å²) >= 11 is 0. The number of ketones is 1. The van der Waals surface area contributed by atoms with Gasteiger partial charge in [-0.2, -0.15) is 13.2 Å². The summed E-state index contributed by atoms with van der Waals surface area (Å²) in [6, 6.07) is 1.01. The van der Waals surface area contributed by atoms with Crippen molar-refractivity contribution in [3.63, 3.8) is 0 Å². The lowest BCUT2D eigenvalue weighted by atomic mass is 9.91. The number of carbonyl (C=O) groups excluding carboxylic acids is 1. The summed E-state index contributed by atoms with van der Waals surface area (Å²) in [6.07, 6.45) is -2.87. The van der Waals surface area contributed by atoms with Gasteiger partial charge in [-0.3, -0.25) is 4.79 Å². The lowest BCUT2D eigenvalue weighted by Gasteiger charge is -2.18. The van der Waals surface area contributed by atoms with Gasteiger partial charge in [-0.1, -0.05) is 0 Å². The molecule has 1 aromatic heterocycles. The van der Waals surface area contributed by atoms with Gasteiger partial charge in [0.25, 0.3) is 0 Å². The minimum absolute atomic E-state index is 0.0126. The zero-order chi connectivity index (χ0) is 11.9. The van der Waals surface area contributed by atoms with Crippen LogP contribution in [0.3, 0.4) is 0 Å². The van der Waals surface area contributed by atoms with Crippen molar-refractivity contribution < 1.29 is 18.0 Å². The number of pyridine rings is 1. The summed E-state index contributed by atoms with van der Waals surface area (Å²) in [6.45, 7) is 1.59. The van der Waals surface area contributed by atoms with Gasteiger partial charge >= 0.3 is 6.18 Å². The molecule has 2 nitrogen and oxygen atoms in total. The van der Waals surface area contributed by atoms with E-state index in [1.165, 1.54) is 0 Å². The van der Waals surface area contributed by atoms with Crippen molar-refractivity contribution in [2.24, 2.45) is 0 Å². The molecule has 1 heterocycles. The van der Waals surface area contributed by atoms with Crippen molar-refractivity contribution in [2.75, 3.05) is 0 Å². The van der Waals surface area contributed by atoms with Gasteiger partial charge in [-0.05, 0) is 37.0 Å². The Bertz CT molecular complexity index is 451. The molecule has 0 unspecified atom stereocenters. The first-order valence-electron chi connectivity index (χ1n) is 5.00. The molecule has 2 rings (SSSR count). The van der Waals surface area contributed by atoms with Crippen LogP contribution < -0.4 is 0 Å². The van der Waals surface area contributed by atoms with E-state index < -0.39 is 11.9 Å². The first-order chi connectivity index (χ1) is 7.39. The number of aromatic nitrogens is 1. The van der Waals surface area contributed by atoms with Crippen LogP contribution >= 0.6 is 0 Å². The van der Waals surface area contributed by atoms with Crippen LogP contribution in [-0.2, 0) is 12.6 Å². The minimum atomic E-state index is -4.49. The number of hydrogen-bond donors (Lipinski definition) is 0. The summed E-state index contributed by atoms with van der Waals surface area (Å²) in [5.41, 5.74) is 0.215. The van der Waals surface area contributed by atoms with Crippen LogP contribution in [-0.4, -0.2) is 10.8 Å². The number of hydrogen-bond acceptors (Lipinski definition) is 2. The molecule has 0 bridgehead atoms. The Kier molecular flexibility index (Phi) is 2.48. The SMILES string of the molecule is Cc1cc(C(F)(F)F)nc2c1CCCC2=O. The van der Waals surface area contributed by atoms with E-state index >= 15 is 0 Å². The van der Waals surface area contributed by atoms with E-state index in [1.807, 2.05) is 0 Å². The van der Waals surface area contributed by atoms with E-state index in [0.29, 0.717) is 30.4 Å². The molecule has 5 heteroatoms. The molecule has 0 aliphatic heterocycles. The second-order valence-electron chi connectivity index (χ2n) is 3.93. The first kappa shape index (κ1) is 11.1. The van der Waals surface area contributed by atoms with Gasteiger partial charge in [0.05, 0.1) is 0 Å². The van der Waals surface area contributed by atoms with E-state index in [9.17, 15) is 18.0 Å². The molecule has 0 fully saturated rings. The maximum absolute atomic E-state index is 12.5. The molecule has 86 valence electrons. The number of aryl methyl sites for hydroxylation is 1. The second-order valence-corrected chi connectivity index (χ2v) is 3.93. The molecule has 1 aliphatic carbocycles. The Morgan fingerprint density at radius 1 is 1.31 bits per heavy atom. The average molecular weight is 229 g/mol. The van der Waals surface area contributed by atoms with Crippen LogP contribution in [0.1, 0.15) is 40.2 Å². The largest absolute Gasteiger partial charge is 0.433 e. The lowest BCUT2D eigenvalue weighted by molar-refractivity contribution is -0.141. The highest BCUT2D eigenvalue weighted by Crippen LogP contribution is 2.31. The number of halogens is 3. The van der Waals surface area contributed by atoms with E-state index in [1.54, 1.807) is 6.92 Å². The van der Waals surface area contributed by atoms with Crippen LogP contribution in [0.25, 0.3) is 0 Å². The molecule has 0 aromatic carbocycles. The molecule has 16 heavy (non-hydrogen) atoms. The Balaban J connectivity index is 2.60. The topological polar surface area (TPSA) is 30.0 Å². The van der Waals surface area contributed by atoms with Crippen LogP contribution in [0, 0.1) is 6.92 Å². The molecular formula is C11H10F3NO. The maximum Gasteiger partial charge on any atom is 0.433 e. The van der Waals surface area contributed by atoms with Crippen LogP contribution in [0.15, 0.2) is 6.07 Å². The summed E-state index contributed by atoms with van der Waals surface area (Å²) in [4.78, 5) is 14.9. The predicted molar refractivity (Wildman–Crippen MR) is 51.2 cm³/mol. The predicted octanol–water partition coefficient (Wildman–Crippen LogP) is 2.93. The zero-order valence-corrected chi connectivity index (χ0v) is 8.69. The molecule has 0 amide bonds. The molecule has 0 atom stereocenters. The van der Waals surface area contributed by atoms with Crippen molar-refractivity contribution >= 4 is 5.78 Å². The van der Waals surface area contributed by atoms with Gasteiger partial charge in [0.15, 0.2) is 5.78 Å². The molecule has 0 radical (unpaired) electrons. The minimum Gasteiger partial charge on any atom is -0.292 e. The summed E-state index contributed by atoms with van der Waals surface area (Å²) in [5.74, 6) is -0.282.